The minimum atomic E-state index is -3.53. The summed E-state index contributed by atoms with van der Waals surface area (Å²) in [5.41, 5.74) is 0.593. The van der Waals surface area contributed by atoms with Gasteiger partial charge in [0.25, 0.3) is 0 Å². The minimum absolute atomic E-state index is 0.223. The van der Waals surface area contributed by atoms with Crippen molar-refractivity contribution >= 4 is 27.0 Å². The molecule has 2 heterocycles. The summed E-state index contributed by atoms with van der Waals surface area (Å²) in [5.74, 6) is 0. The van der Waals surface area contributed by atoms with E-state index < -0.39 is 10.0 Å². The molecule has 0 amide bonds. The van der Waals surface area contributed by atoms with Gasteiger partial charge in [0.15, 0.2) is 0 Å². The van der Waals surface area contributed by atoms with Gasteiger partial charge >= 0.3 is 0 Å². The molecule has 21 heavy (non-hydrogen) atoms. The van der Waals surface area contributed by atoms with Crippen LogP contribution in [0.25, 0.3) is 0 Å². The fraction of sp³-hybridized carbons (Fsp3) is 0.357. The van der Waals surface area contributed by atoms with Gasteiger partial charge in [-0.3, -0.25) is 4.98 Å². The van der Waals surface area contributed by atoms with Gasteiger partial charge in [0.2, 0.25) is 10.0 Å². The van der Waals surface area contributed by atoms with Crippen molar-refractivity contribution in [2.24, 2.45) is 0 Å². The van der Waals surface area contributed by atoms with E-state index in [-0.39, 0.29) is 4.90 Å². The van der Waals surface area contributed by atoms with E-state index in [1.807, 2.05) is 24.4 Å². The lowest BCUT2D eigenvalue weighted by Crippen LogP contribution is -2.29. The van der Waals surface area contributed by atoms with E-state index in [2.05, 4.69) is 10.3 Å². The van der Waals surface area contributed by atoms with Crippen LogP contribution < -0.4 is 5.32 Å². The second kappa shape index (κ2) is 7.02. The molecule has 0 radical (unpaired) electrons. The number of hydrogen-bond donors (Lipinski definition) is 1. The molecule has 0 bridgehead atoms. The van der Waals surface area contributed by atoms with Crippen LogP contribution in [0.2, 0.25) is 0 Å². The molecule has 2 rings (SSSR count). The van der Waals surface area contributed by atoms with Crippen LogP contribution in [0.1, 0.15) is 11.8 Å². The first-order valence-corrected chi connectivity index (χ1v) is 9.04. The number of anilines is 1. The Balaban J connectivity index is 2.16. The Bertz CT molecular complexity index is 669. The third kappa shape index (κ3) is 3.81. The molecule has 0 fully saturated rings. The van der Waals surface area contributed by atoms with Crippen LogP contribution >= 0.6 is 11.3 Å². The van der Waals surface area contributed by atoms with Gasteiger partial charge in [0, 0.05) is 37.4 Å². The third-order valence-corrected chi connectivity index (χ3v) is 5.91. The SMILES string of the molecule is CCNc1ccncc1S(=O)(=O)N(C)CCc1cccs1. The van der Waals surface area contributed by atoms with E-state index in [1.54, 1.807) is 30.6 Å². The summed E-state index contributed by atoms with van der Waals surface area (Å²) < 4.78 is 26.7. The zero-order valence-electron chi connectivity index (χ0n) is 12.1. The molecule has 2 aromatic rings. The molecule has 0 aromatic carbocycles. The standard InChI is InChI=1S/C14H19N3O2S2/c1-3-16-13-6-8-15-11-14(13)21(18,19)17(2)9-7-12-5-4-10-20-12/h4-6,8,10-11H,3,7,9H2,1-2H3,(H,15,16). The lowest BCUT2D eigenvalue weighted by Gasteiger charge is -2.19. The molecule has 0 unspecified atom stereocenters. The number of likely N-dealkylation sites (N-methyl/N-ethyl adjacent to an activating group) is 1. The van der Waals surface area contributed by atoms with Crippen LogP contribution in [0.5, 0.6) is 0 Å². The number of nitrogens with one attached hydrogen (secondary N) is 1. The normalized spacial score (nSPS) is 11.8. The zero-order chi connectivity index (χ0) is 15.3. The van der Waals surface area contributed by atoms with Gasteiger partial charge in [-0.2, -0.15) is 0 Å². The quantitative estimate of drug-likeness (QED) is 0.849. The van der Waals surface area contributed by atoms with Crippen LogP contribution in [0.4, 0.5) is 5.69 Å². The maximum absolute atomic E-state index is 12.6. The Morgan fingerprint density at radius 3 is 2.86 bits per heavy atom. The molecule has 0 aliphatic heterocycles. The number of sulfonamides is 1. The number of nitrogens with zero attached hydrogens (tertiary/aromatic N) is 2. The molecule has 0 spiro atoms. The molecular weight excluding hydrogens is 306 g/mol. The van der Waals surface area contributed by atoms with Crippen LogP contribution in [0.3, 0.4) is 0 Å². The predicted octanol–water partition coefficient (Wildman–Crippen LogP) is 2.44. The Labute approximate surface area is 129 Å². The molecule has 1 N–H and O–H groups in total. The van der Waals surface area contributed by atoms with E-state index in [0.717, 1.165) is 0 Å². The fourth-order valence-corrected chi connectivity index (χ4v) is 3.91. The second-order valence-corrected chi connectivity index (χ2v) is 7.60. The molecule has 0 saturated carbocycles. The summed E-state index contributed by atoms with van der Waals surface area (Å²) in [6.45, 7) is 3.03. The van der Waals surface area contributed by atoms with Crippen LogP contribution in [-0.2, 0) is 16.4 Å². The predicted molar refractivity (Wildman–Crippen MR) is 86.2 cm³/mol. The molecular formula is C14H19N3O2S2. The Kier molecular flexibility index (Phi) is 5.33. The lowest BCUT2D eigenvalue weighted by molar-refractivity contribution is 0.473. The molecule has 0 atom stereocenters. The first-order valence-electron chi connectivity index (χ1n) is 6.72. The highest BCUT2D eigenvalue weighted by atomic mass is 32.2. The maximum atomic E-state index is 12.6. The number of rotatable bonds is 7. The first kappa shape index (κ1) is 15.9. The smallest absolute Gasteiger partial charge is 0.246 e. The summed E-state index contributed by atoms with van der Waals surface area (Å²) in [6.07, 6.45) is 3.70. The van der Waals surface area contributed by atoms with E-state index in [4.69, 9.17) is 0 Å². The molecule has 0 saturated heterocycles. The van der Waals surface area contributed by atoms with Crippen molar-refractivity contribution in [3.8, 4) is 0 Å². The summed E-state index contributed by atoms with van der Waals surface area (Å²) in [7, 11) is -1.93. The second-order valence-electron chi connectivity index (χ2n) is 4.56. The van der Waals surface area contributed by atoms with Gasteiger partial charge in [0.05, 0.1) is 5.69 Å². The van der Waals surface area contributed by atoms with Gasteiger partial charge in [-0.25, -0.2) is 12.7 Å². The fourth-order valence-electron chi connectivity index (χ4n) is 1.93. The van der Waals surface area contributed by atoms with Crippen LogP contribution in [-0.4, -0.2) is 37.8 Å². The highest BCUT2D eigenvalue weighted by molar-refractivity contribution is 7.89. The summed E-state index contributed by atoms with van der Waals surface area (Å²) in [6, 6.07) is 5.67. The molecule has 2 aromatic heterocycles. The van der Waals surface area contributed by atoms with Gasteiger partial charge < -0.3 is 5.32 Å². The molecule has 5 nitrogen and oxygen atoms in total. The molecule has 0 aliphatic rings. The van der Waals surface area contributed by atoms with Gasteiger partial charge in [0.1, 0.15) is 4.90 Å². The Morgan fingerprint density at radius 2 is 2.19 bits per heavy atom. The van der Waals surface area contributed by atoms with Crippen LogP contribution in [0.15, 0.2) is 40.9 Å². The van der Waals surface area contributed by atoms with Gasteiger partial charge in [-0.1, -0.05) is 6.07 Å². The van der Waals surface area contributed by atoms with Crippen molar-refractivity contribution < 1.29 is 8.42 Å². The van der Waals surface area contributed by atoms with Crippen molar-refractivity contribution in [3.63, 3.8) is 0 Å². The highest BCUT2D eigenvalue weighted by Gasteiger charge is 2.24. The van der Waals surface area contributed by atoms with Crippen molar-refractivity contribution in [2.45, 2.75) is 18.2 Å². The minimum Gasteiger partial charge on any atom is -0.384 e. The van der Waals surface area contributed by atoms with E-state index in [0.29, 0.717) is 25.2 Å². The molecule has 114 valence electrons. The average Bonchev–Trinajstić information content (AvgIpc) is 2.98. The number of pyridine rings is 1. The molecule has 0 aliphatic carbocycles. The van der Waals surface area contributed by atoms with Crippen LogP contribution in [0, 0.1) is 0 Å². The summed E-state index contributed by atoms with van der Waals surface area (Å²) in [5, 5.41) is 5.06. The summed E-state index contributed by atoms with van der Waals surface area (Å²) >= 11 is 1.64. The number of hydrogen-bond acceptors (Lipinski definition) is 5. The average molecular weight is 325 g/mol. The first-order chi connectivity index (χ1) is 10.1. The topological polar surface area (TPSA) is 62.3 Å². The number of thiophene rings is 1. The number of aromatic nitrogens is 1. The third-order valence-electron chi connectivity index (χ3n) is 3.09. The van der Waals surface area contributed by atoms with Crippen molar-refractivity contribution in [1.82, 2.24) is 9.29 Å². The molecule has 7 heteroatoms. The van der Waals surface area contributed by atoms with Gasteiger partial charge in [-0.05, 0) is 30.9 Å². The lowest BCUT2D eigenvalue weighted by atomic mass is 10.3. The van der Waals surface area contributed by atoms with E-state index in [1.165, 1.54) is 15.4 Å². The van der Waals surface area contributed by atoms with Crippen molar-refractivity contribution in [2.75, 3.05) is 25.5 Å². The Hall–Kier alpha value is -1.44. The zero-order valence-corrected chi connectivity index (χ0v) is 13.7. The monoisotopic (exact) mass is 325 g/mol. The van der Waals surface area contributed by atoms with E-state index in [9.17, 15) is 8.42 Å². The highest BCUT2D eigenvalue weighted by Crippen LogP contribution is 2.23. The summed E-state index contributed by atoms with van der Waals surface area (Å²) in [4.78, 5) is 5.34. The largest absolute Gasteiger partial charge is 0.384 e. The van der Waals surface area contributed by atoms with Gasteiger partial charge in [-0.15, -0.1) is 11.3 Å². The van der Waals surface area contributed by atoms with E-state index >= 15 is 0 Å². The van der Waals surface area contributed by atoms with Crippen molar-refractivity contribution in [1.29, 1.82) is 0 Å². The van der Waals surface area contributed by atoms with Crippen molar-refractivity contribution in [3.05, 3.63) is 40.8 Å². The Morgan fingerprint density at radius 1 is 1.38 bits per heavy atom. The maximum Gasteiger partial charge on any atom is 0.246 e.